The fourth-order valence-electron chi connectivity index (χ4n) is 3.21. The second kappa shape index (κ2) is 6.69. The molecule has 1 aromatic carbocycles. The Bertz CT molecular complexity index is 765. The molecule has 0 unspecified atom stereocenters. The van der Waals surface area contributed by atoms with Crippen molar-refractivity contribution in [3.05, 3.63) is 58.7 Å². The maximum atomic E-state index is 10.6. The summed E-state index contributed by atoms with van der Waals surface area (Å²) in [5, 5.41) is 8.68. The van der Waals surface area contributed by atoms with Crippen LogP contribution in [0.3, 0.4) is 0 Å². The van der Waals surface area contributed by atoms with Gasteiger partial charge in [-0.1, -0.05) is 51.7 Å². The van der Waals surface area contributed by atoms with Gasteiger partial charge in [-0.2, -0.15) is 0 Å². The fourth-order valence-corrected chi connectivity index (χ4v) is 3.21. The SMILES string of the molecule is CC(=C/C(=O)O)/C=C/C#Cc1ccc2c(c1)C(C)(C)CCC2(C)C. The molecule has 126 valence electrons. The van der Waals surface area contributed by atoms with Crippen molar-refractivity contribution in [2.75, 3.05) is 0 Å². The summed E-state index contributed by atoms with van der Waals surface area (Å²) < 4.78 is 0. The lowest BCUT2D eigenvalue weighted by Crippen LogP contribution is -2.33. The van der Waals surface area contributed by atoms with E-state index in [-0.39, 0.29) is 10.8 Å². The van der Waals surface area contributed by atoms with E-state index in [9.17, 15) is 4.79 Å². The van der Waals surface area contributed by atoms with E-state index >= 15 is 0 Å². The lowest BCUT2D eigenvalue weighted by atomic mass is 9.63. The molecule has 0 fully saturated rings. The molecule has 1 aliphatic carbocycles. The summed E-state index contributed by atoms with van der Waals surface area (Å²) in [4.78, 5) is 10.6. The van der Waals surface area contributed by atoms with Crippen molar-refractivity contribution in [3.63, 3.8) is 0 Å². The summed E-state index contributed by atoms with van der Waals surface area (Å²) in [6.45, 7) is 11.0. The number of carboxylic acids is 1. The molecule has 1 aliphatic rings. The monoisotopic (exact) mass is 322 g/mol. The van der Waals surface area contributed by atoms with Gasteiger partial charge in [0.05, 0.1) is 0 Å². The van der Waals surface area contributed by atoms with Crippen LogP contribution < -0.4 is 0 Å². The molecule has 2 rings (SSSR count). The standard InChI is InChI=1S/C22H26O2/c1-16(14-20(23)24)8-6-7-9-17-10-11-18-19(15-17)22(4,5)13-12-21(18,2)3/h6,8,10-11,14-15H,12-13H2,1-5H3,(H,23,24)/b8-6+,16-14-. The number of carbonyl (C=O) groups is 1. The Balaban J connectivity index is 2.28. The van der Waals surface area contributed by atoms with Gasteiger partial charge < -0.3 is 5.11 Å². The Morgan fingerprint density at radius 2 is 1.75 bits per heavy atom. The van der Waals surface area contributed by atoms with E-state index in [1.807, 2.05) is 0 Å². The number of allylic oxidation sites excluding steroid dienone is 3. The zero-order chi connectivity index (χ0) is 18.0. The first-order valence-corrected chi connectivity index (χ1v) is 8.36. The molecule has 0 amide bonds. The van der Waals surface area contributed by atoms with Gasteiger partial charge in [-0.3, -0.25) is 0 Å². The molecule has 24 heavy (non-hydrogen) atoms. The van der Waals surface area contributed by atoms with Gasteiger partial charge in [0.25, 0.3) is 0 Å². The first kappa shape index (κ1) is 18.1. The zero-order valence-corrected chi connectivity index (χ0v) is 15.2. The predicted octanol–water partition coefficient (Wildman–Crippen LogP) is 4.97. The number of benzene rings is 1. The predicted molar refractivity (Wildman–Crippen MR) is 99.1 cm³/mol. The van der Waals surface area contributed by atoms with Crippen LogP contribution in [0.4, 0.5) is 0 Å². The van der Waals surface area contributed by atoms with E-state index in [0.29, 0.717) is 5.57 Å². The molecular formula is C22H26O2. The highest BCUT2D eigenvalue weighted by atomic mass is 16.4. The lowest BCUT2D eigenvalue weighted by Gasteiger charge is -2.41. The third kappa shape index (κ3) is 4.17. The Kier molecular flexibility index (Phi) is 5.04. The molecular weight excluding hydrogens is 296 g/mol. The highest BCUT2D eigenvalue weighted by Gasteiger charge is 2.36. The molecule has 1 N–H and O–H groups in total. The number of aliphatic carboxylic acids is 1. The van der Waals surface area contributed by atoms with E-state index in [0.717, 1.165) is 5.56 Å². The molecule has 0 aromatic heterocycles. The van der Waals surface area contributed by atoms with Gasteiger partial charge in [0, 0.05) is 11.6 Å². The normalized spacial score (nSPS) is 18.6. The van der Waals surface area contributed by atoms with Crippen LogP contribution in [0.5, 0.6) is 0 Å². The molecule has 0 heterocycles. The van der Waals surface area contributed by atoms with Crippen LogP contribution in [0.1, 0.15) is 64.2 Å². The lowest BCUT2D eigenvalue weighted by molar-refractivity contribution is -0.131. The quantitative estimate of drug-likeness (QED) is 0.474. The molecule has 0 aliphatic heterocycles. The summed E-state index contributed by atoms with van der Waals surface area (Å²) in [5.41, 5.74) is 4.90. The van der Waals surface area contributed by atoms with Crippen molar-refractivity contribution >= 4 is 5.97 Å². The van der Waals surface area contributed by atoms with E-state index < -0.39 is 5.97 Å². The summed E-state index contributed by atoms with van der Waals surface area (Å²) >= 11 is 0. The molecule has 0 saturated heterocycles. The van der Waals surface area contributed by atoms with Crippen LogP contribution in [-0.4, -0.2) is 11.1 Å². The smallest absolute Gasteiger partial charge is 0.328 e. The molecule has 0 bridgehead atoms. The number of rotatable bonds is 2. The van der Waals surface area contributed by atoms with E-state index in [2.05, 4.69) is 57.7 Å². The minimum Gasteiger partial charge on any atom is -0.478 e. The molecule has 0 saturated carbocycles. The first-order chi connectivity index (χ1) is 11.1. The molecule has 2 heteroatoms. The van der Waals surface area contributed by atoms with Crippen molar-refractivity contribution in [1.29, 1.82) is 0 Å². The number of fused-ring (bicyclic) bond motifs is 1. The van der Waals surface area contributed by atoms with Crippen LogP contribution in [-0.2, 0) is 15.6 Å². The van der Waals surface area contributed by atoms with Gasteiger partial charge in [-0.15, -0.1) is 0 Å². The summed E-state index contributed by atoms with van der Waals surface area (Å²) in [6, 6.07) is 6.53. The Morgan fingerprint density at radius 1 is 1.12 bits per heavy atom. The van der Waals surface area contributed by atoms with Gasteiger partial charge >= 0.3 is 5.97 Å². The molecule has 1 aromatic rings. The highest BCUT2D eigenvalue weighted by Crippen LogP contribution is 2.45. The molecule has 2 nitrogen and oxygen atoms in total. The van der Waals surface area contributed by atoms with Crippen molar-refractivity contribution in [2.24, 2.45) is 0 Å². The average molecular weight is 322 g/mol. The Labute approximate surface area is 145 Å². The van der Waals surface area contributed by atoms with Crippen molar-refractivity contribution in [1.82, 2.24) is 0 Å². The van der Waals surface area contributed by atoms with Gasteiger partial charge in [0.15, 0.2) is 0 Å². The minimum atomic E-state index is -0.940. The van der Waals surface area contributed by atoms with Gasteiger partial charge in [-0.25, -0.2) is 4.79 Å². The third-order valence-corrected chi connectivity index (χ3v) is 4.85. The van der Waals surface area contributed by atoms with Crippen molar-refractivity contribution in [2.45, 2.75) is 58.3 Å². The average Bonchev–Trinajstić information content (AvgIpc) is 2.48. The van der Waals surface area contributed by atoms with Crippen LogP contribution in [0.25, 0.3) is 0 Å². The Morgan fingerprint density at radius 3 is 2.38 bits per heavy atom. The van der Waals surface area contributed by atoms with Crippen molar-refractivity contribution in [3.8, 4) is 11.8 Å². The van der Waals surface area contributed by atoms with E-state index in [1.54, 1.807) is 19.1 Å². The van der Waals surface area contributed by atoms with Gasteiger partial charge in [0.1, 0.15) is 0 Å². The molecule has 0 radical (unpaired) electrons. The minimum absolute atomic E-state index is 0.180. The zero-order valence-electron chi connectivity index (χ0n) is 15.2. The summed E-state index contributed by atoms with van der Waals surface area (Å²) in [7, 11) is 0. The largest absolute Gasteiger partial charge is 0.478 e. The van der Waals surface area contributed by atoms with E-state index in [4.69, 9.17) is 5.11 Å². The number of hydrogen-bond acceptors (Lipinski definition) is 1. The number of hydrogen-bond donors (Lipinski definition) is 1. The van der Waals surface area contributed by atoms with Crippen molar-refractivity contribution < 1.29 is 9.90 Å². The van der Waals surface area contributed by atoms with Crippen LogP contribution in [0.2, 0.25) is 0 Å². The highest BCUT2D eigenvalue weighted by molar-refractivity contribution is 5.81. The Hall–Kier alpha value is -2.27. The maximum Gasteiger partial charge on any atom is 0.328 e. The van der Waals surface area contributed by atoms with Gasteiger partial charge in [-0.05, 0) is 65.5 Å². The fraction of sp³-hybridized carbons (Fsp3) is 0.409. The molecule has 0 spiro atoms. The van der Waals surface area contributed by atoms with Crippen LogP contribution in [0, 0.1) is 11.8 Å². The van der Waals surface area contributed by atoms with Crippen LogP contribution in [0.15, 0.2) is 42.0 Å². The van der Waals surface area contributed by atoms with Gasteiger partial charge in [0.2, 0.25) is 0 Å². The summed E-state index contributed by atoms with van der Waals surface area (Å²) in [6.07, 6.45) is 6.97. The van der Waals surface area contributed by atoms with Crippen LogP contribution >= 0.6 is 0 Å². The second-order valence-corrected chi connectivity index (χ2v) is 7.86. The van der Waals surface area contributed by atoms with E-state index in [1.165, 1.54) is 30.0 Å². The number of carboxylic acid groups (broad SMARTS) is 1. The summed E-state index contributed by atoms with van der Waals surface area (Å²) in [5.74, 6) is 5.21. The first-order valence-electron chi connectivity index (χ1n) is 8.36. The maximum absolute atomic E-state index is 10.6. The second-order valence-electron chi connectivity index (χ2n) is 7.86. The third-order valence-electron chi connectivity index (χ3n) is 4.85. The topological polar surface area (TPSA) is 37.3 Å². The molecule has 0 atom stereocenters.